The number of halogens is 2. The fourth-order valence-electron chi connectivity index (χ4n) is 2.82. The van der Waals surface area contributed by atoms with E-state index in [2.05, 4.69) is 0 Å². The molecule has 7 heteroatoms. The molecule has 0 aromatic heterocycles. The molecule has 1 aliphatic rings. The zero-order chi connectivity index (χ0) is 19.6. The van der Waals surface area contributed by atoms with Crippen molar-refractivity contribution in [2.75, 3.05) is 52.9 Å². The van der Waals surface area contributed by atoms with E-state index in [9.17, 15) is 0 Å². The molecule has 1 aliphatic heterocycles. The summed E-state index contributed by atoms with van der Waals surface area (Å²) < 4.78 is 28.4. The van der Waals surface area contributed by atoms with Crippen molar-refractivity contribution in [2.45, 2.75) is 6.42 Å². The van der Waals surface area contributed by atoms with Gasteiger partial charge in [0.15, 0.2) is 0 Å². The summed E-state index contributed by atoms with van der Waals surface area (Å²) >= 11 is 12.4. The monoisotopic (exact) mass is 426 g/mol. The first-order valence-electron chi connectivity index (χ1n) is 9.28. The second kappa shape index (κ2) is 11.5. The second-order valence-electron chi connectivity index (χ2n) is 6.21. The van der Waals surface area contributed by atoms with Crippen LogP contribution in [-0.2, 0) is 20.6 Å². The molecule has 0 saturated heterocycles. The van der Waals surface area contributed by atoms with Crippen LogP contribution in [0.3, 0.4) is 0 Å². The minimum Gasteiger partial charge on any atom is -0.491 e. The fraction of sp³-hybridized carbons (Fsp3) is 0.429. The maximum atomic E-state index is 6.21. The van der Waals surface area contributed by atoms with E-state index < -0.39 is 0 Å². The highest BCUT2D eigenvalue weighted by atomic mass is 35.5. The van der Waals surface area contributed by atoms with Crippen LogP contribution in [0, 0.1) is 0 Å². The van der Waals surface area contributed by atoms with E-state index in [4.69, 9.17) is 46.9 Å². The van der Waals surface area contributed by atoms with Gasteiger partial charge >= 0.3 is 0 Å². The Morgan fingerprint density at radius 1 is 0.536 bits per heavy atom. The minimum absolute atomic E-state index is 0.441. The van der Waals surface area contributed by atoms with Gasteiger partial charge in [-0.15, -0.1) is 0 Å². The molecule has 0 saturated carbocycles. The first-order chi connectivity index (χ1) is 13.7. The van der Waals surface area contributed by atoms with Crippen LogP contribution in [0.2, 0.25) is 10.0 Å². The summed E-state index contributed by atoms with van der Waals surface area (Å²) in [7, 11) is 0. The molecule has 0 spiro atoms. The highest BCUT2D eigenvalue weighted by Gasteiger charge is 2.12. The SMILES string of the molecule is Clc1ccc2c(c1)Cc1cc(Cl)ccc1OCCOCCOCCOCCO2. The quantitative estimate of drug-likeness (QED) is 0.624. The summed E-state index contributed by atoms with van der Waals surface area (Å²) in [6.07, 6.45) is 0.585. The van der Waals surface area contributed by atoms with Crippen molar-refractivity contribution >= 4 is 23.2 Å². The lowest BCUT2D eigenvalue weighted by Gasteiger charge is -2.16. The maximum Gasteiger partial charge on any atom is 0.123 e. The summed E-state index contributed by atoms with van der Waals surface area (Å²) in [5.41, 5.74) is 1.92. The van der Waals surface area contributed by atoms with E-state index in [1.807, 2.05) is 36.4 Å². The Kier molecular flexibility index (Phi) is 8.70. The molecule has 0 fully saturated rings. The van der Waals surface area contributed by atoms with Crippen molar-refractivity contribution in [3.05, 3.63) is 57.6 Å². The minimum atomic E-state index is 0.441. The van der Waals surface area contributed by atoms with Gasteiger partial charge in [-0.2, -0.15) is 0 Å². The van der Waals surface area contributed by atoms with Gasteiger partial charge in [-0.25, -0.2) is 0 Å². The maximum absolute atomic E-state index is 6.21. The predicted octanol–water partition coefficient (Wildman–Crippen LogP) is 4.41. The summed E-state index contributed by atoms with van der Waals surface area (Å²) in [5.74, 6) is 1.53. The van der Waals surface area contributed by atoms with Crippen LogP contribution < -0.4 is 9.47 Å². The van der Waals surface area contributed by atoms with Gasteiger partial charge in [-0.3, -0.25) is 0 Å². The van der Waals surface area contributed by atoms with E-state index in [0.29, 0.717) is 69.3 Å². The topological polar surface area (TPSA) is 46.2 Å². The normalized spacial score (nSPS) is 17.2. The number of fused-ring (bicyclic) bond motifs is 2. The van der Waals surface area contributed by atoms with Crippen LogP contribution in [0.4, 0.5) is 0 Å². The molecule has 1 heterocycles. The van der Waals surface area contributed by atoms with Crippen LogP contribution in [0.5, 0.6) is 11.5 Å². The second-order valence-corrected chi connectivity index (χ2v) is 7.09. The van der Waals surface area contributed by atoms with Crippen molar-refractivity contribution in [3.8, 4) is 11.5 Å². The van der Waals surface area contributed by atoms with Crippen molar-refractivity contribution in [1.82, 2.24) is 0 Å². The molecule has 2 aromatic rings. The molecular formula is C21H24Cl2O5. The van der Waals surface area contributed by atoms with Gasteiger partial charge in [0, 0.05) is 27.6 Å². The summed E-state index contributed by atoms with van der Waals surface area (Å²) in [5, 5.41) is 1.30. The van der Waals surface area contributed by atoms with Crippen LogP contribution in [0.25, 0.3) is 0 Å². The van der Waals surface area contributed by atoms with Gasteiger partial charge in [0.2, 0.25) is 0 Å². The first kappa shape index (κ1) is 21.2. The van der Waals surface area contributed by atoms with Crippen LogP contribution in [-0.4, -0.2) is 52.9 Å². The zero-order valence-electron chi connectivity index (χ0n) is 15.6. The molecule has 0 N–H and O–H groups in total. The Balaban J connectivity index is 1.79. The summed E-state index contributed by atoms with van der Waals surface area (Å²) in [6, 6.07) is 11.2. The number of benzene rings is 2. The van der Waals surface area contributed by atoms with Crippen molar-refractivity contribution in [3.63, 3.8) is 0 Å². The van der Waals surface area contributed by atoms with E-state index in [0.717, 1.165) is 22.6 Å². The molecule has 5 nitrogen and oxygen atoms in total. The highest BCUT2D eigenvalue weighted by molar-refractivity contribution is 6.31. The highest BCUT2D eigenvalue weighted by Crippen LogP contribution is 2.30. The molecule has 152 valence electrons. The lowest BCUT2D eigenvalue weighted by molar-refractivity contribution is 0.00482. The first-order valence-corrected chi connectivity index (χ1v) is 10.0. The Morgan fingerprint density at radius 2 is 0.929 bits per heavy atom. The van der Waals surface area contributed by atoms with Gasteiger partial charge in [-0.1, -0.05) is 23.2 Å². The van der Waals surface area contributed by atoms with Crippen LogP contribution >= 0.6 is 23.2 Å². The Morgan fingerprint density at radius 3 is 1.36 bits per heavy atom. The van der Waals surface area contributed by atoms with Crippen LogP contribution in [0.1, 0.15) is 11.1 Å². The van der Waals surface area contributed by atoms with Crippen molar-refractivity contribution < 1.29 is 23.7 Å². The Hall–Kier alpha value is -1.50. The van der Waals surface area contributed by atoms with Crippen molar-refractivity contribution in [2.24, 2.45) is 0 Å². The van der Waals surface area contributed by atoms with Gasteiger partial charge in [0.1, 0.15) is 24.7 Å². The standard InChI is InChI=1S/C21H24Cl2O5/c22-18-1-3-20-16(14-18)13-17-15-19(23)2-4-21(17)28-12-10-26-8-6-24-5-7-25-9-11-27-20/h1-4,14-15H,5-13H2. The average molecular weight is 427 g/mol. The Bertz CT molecular complexity index is 692. The predicted molar refractivity (Wildman–Crippen MR) is 109 cm³/mol. The third kappa shape index (κ3) is 6.83. The molecular weight excluding hydrogens is 403 g/mol. The third-order valence-electron chi connectivity index (χ3n) is 4.14. The third-order valence-corrected chi connectivity index (χ3v) is 4.61. The molecule has 0 radical (unpaired) electrons. The Labute approximate surface area is 175 Å². The summed E-state index contributed by atoms with van der Waals surface area (Å²) in [4.78, 5) is 0. The van der Waals surface area contributed by atoms with E-state index >= 15 is 0 Å². The summed E-state index contributed by atoms with van der Waals surface area (Å²) in [6.45, 7) is 3.94. The lowest BCUT2D eigenvalue weighted by Crippen LogP contribution is -2.15. The zero-order valence-corrected chi connectivity index (χ0v) is 17.1. The molecule has 2 aromatic carbocycles. The van der Waals surface area contributed by atoms with Crippen LogP contribution in [0.15, 0.2) is 36.4 Å². The average Bonchev–Trinajstić information content (AvgIpc) is 2.68. The van der Waals surface area contributed by atoms with Crippen molar-refractivity contribution in [1.29, 1.82) is 0 Å². The molecule has 0 aliphatic carbocycles. The number of rotatable bonds is 0. The van der Waals surface area contributed by atoms with Gasteiger partial charge in [0.05, 0.1) is 39.6 Å². The molecule has 3 rings (SSSR count). The van der Waals surface area contributed by atoms with Gasteiger partial charge in [0.25, 0.3) is 0 Å². The molecule has 0 unspecified atom stereocenters. The van der Waals surface area contributed by atoms with E-state index in [1.165, 1.54) is 0 Å². The smallest absolute Gasteiger partial charge is 0.123 e. The fourth-order valence-corrected chi connectivity index (χ4v) is 3.21. The van der Waals surface area contributed by atoms with Gasteiger partial charge < -0.3 is 23.7 Å². The molecule has 0 bridgehead atoms. The number of hydrogen-bond acceptors (Lipinski definition) is 5. The number of hydrogen-bond donors (Lipinski definition) is 0. The lowest BCUT2D eigenvalue weighted by atomic mass is 10.0. The molecule has 28 heavy (non-hydrogen) atoms. The van der Waals surface area contributed by atoms with E-state index in [-0.39, 0.29) is 0 Å². The molecule has 0 amide bonds. The molecule has 0 atom stereocenters. The van der Waals surface area contributed by atoms with Gasteiger partial charge in [-0.05, 0) is 36.4 Å². The number of ether oxygens (including phenoxy) is 5. The largest absolute Gasteiger partial charge is 0.491 e. The van der Waals surface area contributed by atoms with E-state index in [1.54, 1.807) is 0 Å².